The zero-order valence-electron chi connectivity index (χ0n) is 35.5. The van der Waals surface area contributed by atoms with Crippen LogP contribution in [0.2, 0.25) is 10.0 Å². The Morgan fingerprint density at radius 1 is 0.906 bits per heavy atom. The summed E-state index contributed by atoms with van der Waals surface area (Å²) in [6, 6.07) is 26.1. The zero-order valence-corrected chi connectivity index (χ0v) is 39.5. The van der Waals surface area contributed by atoms with Crippen LogP contribution in [0.4, 0.5) is 24.7 Å². The summed E-state index contributed by atoms with van der Waals surface area (Å²) >= 11 is 13.9. The Morgan fingerprint density at radius 2 is 1.61 bits per heavy atom. The van der Waals surface area contributed by atoms with Gasteiger partial charge in [0.05, 0.1) is 21.3 Å². The van der Waals surface area contributed by atoms with E-state index in [1.165, 1.54) is 29.2 Å². The van der Waals surface area contributed by atoms with Crippen molar-refractivity contribution >= 4 is 66.3 Å². The lowest BCUT2D eigenvalue weighted by Gasteiger charge is -2.42. The number of nitrogens with zero attached hydrogens (tertiary/aromatic N) is 5. The lowest BCUT2D eigenvalue weighted by atomic mass is 9.92. The molecule has 7 rings (SSSR count). The van der Waals surface area contributed by atoms with Crippen molar-refractivity contribution in [2.24, 2.45) is 0 Å². The van der Waals surface area contributed by atoms with Crippen LogP contribution in [0.5, 0.6) is 0 Å². The third kappa shape index (κ3) is 11.2. The summed E-state index contributed by atoms with van der Waals surface area (Å²) in [4.78, 5) is 14.3. The molecular weight excluding hydrogens is 927 g/mol. The summed E-state index contributed by atoms with van der Waals surface area (Å²) in [5.74, 6) is 0.315. The minimum atomic E-state index is -6.01. The van der Waals surface area contributed by atoms with E-state index in [0.29, 0.717) is 65.6 Å². The molecule has 1 aromatic heterocycles. The molecule has 2 N–H and O–H groups in total. The van der Waals surface area contributed by atoms with Crippen molar-refractivity contribution in [3.63, 3.8) is 0 Å². The molecule has 0 bridgehead atoms. The number of aromatic nitrogens is 2. The molecule has 3 heterocycles. The Kier molecular flexibility index (Phi) is 15.2. The van der Waals surface area contributed by atoms with E-state index in [0.717, 1.165) is 48.5 Å². The SMILES string of the molecule is CC(c1ccccc1-c1ccc(Cl)cc1)N1CCC(N2CCc3c(ncnc3NS(=O)(=O)c3ccc(NC(CCN(C)C)CSc4ccccc4Cl)c(S(=O)(=O)C(F)(F)F)c3)C2)CC1. The molecule has 0 radical (unpaired) electrons. The number of piperidine rings is 1. The zero-order chi connectivity index (χ0) is 45.8. The lowest BCUT2D eigenvalue weighted by Crippen LogP contribution is -2.47. The fourth-order valence-corrected chi connectivity index (χ4v) is 11.8. The van der Waals surface area contributed by atoms with Crippen LogP contribution in [0, 0.1) is 0 Å². The van der Waals surface area contributed by atoms with E-state index in [9.17, 15) is 30.0 Å². The first kappa shape index (κ1) is 48.0. The maximum atomic E-state index is 14.2. The van der Waals surface area contributed by atoms with Crippen LogP contribution in [0.15, 0.2) is 112 Å². The number of alkyl halides is 3. The van der Waals surface area contributed by atoms with Gasteiger partial charge in [0.2, 0.25) is 0 Å². The van der Waals surface area contributed by atoms with Crippen molar-refractivity contribution in [3.05, 3.63) is 124 Å². The van der Waals surface area contributed by atoms with Gasteiger partial charge in [-0.25, -0.2) is 26.8 Å². The molecule has 11 nitrogen and oxygen atoms in total. The predicted molar refractivity (Wildman–Crippen MR) is 249 cm³/mol. The van der Waals surface area contributed by atoms with Gasteiger partial charge in [0.25, 0.3) is 19.9 Å². The molecule has 2 aliphatic heterocycles. The molecule has 5 aromatic rings. The number of hydrogen-bond acceptors (Lipinski definition) is 11. The largest absolute Gasteiger partial charge is 0.501 e. The number of halogens is 5. The first-order valence-electron chi connectivity index (χ1n) is 20.8. The number of sulfone groups is 1. The van der Waals surface area contributed by atoms with Gasteiger partial charge in [-0.1, -0.05) is 71.7 Å². The molecule has 1 fully saturated rings. The first-order valence-corrected chi connectivity index (χ1v) is 25.5. The second-order valence-electron chi connectivity index (χ2n) is 16.3. The molecule has 2 unspecified atom stereocenters. The maximum absolute atomic E-state index is 14.2. The van der Waals surface area contributed by atoms with E-state index < -0.39 is 41.2 Å². The second kappa shape index (κ2) is 20.3. The maximum Gasteiger partial charge on any atom is 0.501 e. The summed E-state index contributed by atoms with van der Waals surface area (Å²) in [6.45, 7) is 5.62. The van der Waals surface area contributed by atoms with Crippen LogP contribution in [-0.4, -0.2) is 105 Å². The van der Waals surface area contributed by atoms with Gasteiger partial charge in [-0.2, -0.15) is 13.2 Å². The smallest absolute Gasteiger partial charge is 0.380 e. The molecule has 342 valence electrons. The fourth-order valence-electron chi connectivity index (χ4n) is 8.27. The number of anilines is 2. The van der Waals surface area contributed by atoms with Gasteiger partial charge < -0.3 is 10.2 Å². The Bertz CT molecular complexity index is 2650. The van der Waals surface area contributed by atoms with E-state index in [2.05, 4.69) is 54.9 Å². The highest BCUT2D eigenvalue weighted by atomic mass is 35.5. The molecule has 0 spiro atoms. The highest BCUT2D eigenvalue weighted by Crippen LogP contribution is 2.39. The standard InChI is InChI=1S/C45H50Cl2F3N7O4S3/c1-30(36-8-4-5-9-37(36)31-12-14-32(46)15-13-31)56-23-19-34(20-24-56)57-25-21-38-41(27-57)51-29-52-44(38)54-64(60,61)35-16-17-40(43(26-35)63(58,59)45(48,49)50)53-33(18-22-55(2)3)28-62-42-11-7-6-10-39(42)47/h4-17,26,29-30,33-34,53H,18-25,27-28H2,1-3H3,(H,51,52,54). The molecule has 0 amide bonds. The summed E-state index contributed by atoms with van der Waals surface area (Å²) < 4.78 is 99.1. The van der Waals surface area contributed by atoms with E-state index in [-0.39, 0.29) is 23.6 Å². The van der Waals surface area contributed by atoms with Crippen LogP contribution < -0.4 is 10.0 Å². The van der Waals surface area contributed by atoms with Gasteiger partial charge in [-0.3, -0.25) is 14.5 Å². The quantitative estimate of drug-likeness (QED) is 0.0918. The third-order valence-electron chi connectivity index (χ3n) is 11.8. The topological polar surface area (TPSA) is 128 Å². The molecule has 4 aromatic carbocycles. The molecule has 19 heteroatoms. The number of benzene rings is 4. The van der Waals surface area contributed by atoms with E-state index in [4.69, 9.17) is 23.2 Å². The number of likely N-dealkylation sites (tertiary alicyclic amines) is 1. The highest BCUT2D eigenvalue weighted by Gasteiger charge is 2.48. The number of hydrogen-bond donors (Lipinski definition) is 2. The van der Waals surface area contributed by atoms with Crippen LogP contribution in [0.1, 0.15) is 49.0 Å². The second-order valence-corrected chi connectivity index (χ2v) is 21.8. The molecule has 0 aliphatic carbocycles. The van der Waals surface area contributed by atoms with E-state index in [1.54, 1.807) is 18.2 Å². The molecular formula is C45H50Cl2F3N7O4S3. The molecule has 64 heavy (non-hydrogen) atoms. The third-order valence-corrected chi connectivity index (χ3v) is 16.6. The predicted octanol–water partition coefficient (Wildman–Crippen LogP) is 9.65. The Morgan fingerprint density at radius 3 is 2.31 bits per heavy atom. The minimum absolute atomic E-state index is 0.00424. The van der Waals surface area contributed by atoms with Crippen LogP contribution >= 0.6 is 35.0 Å². The van der Waals surface area contributed by atoms with Crippen LogP contribution in [0.3, 0.4) is 0 Å². The van der Waals surface area contributed by atoms with Crippen molar-refractivity contribution in [2.75, 3.05) is 56.1 Å². The average molecular weight is 977 g/mol. The summed E-state index contributed by atoms with van der Waals surface area (Å²) in [6.07, 6.45) is 3.96. The van der Waals surface area contributed by atoms with Gasteiger partial charge in [0.1, 0.15) is 17.0 Å². The van der Waals surface area contributed by atoms with Crippen molar-refractivity contribution in [3.8, 4) is 11.1 Å². The van der Waals surface area contributed by atoms with Gasteiger partial charge in [-0.05, 0) is 112 Å². The van der Waals surface area contributed by atoms with Crippen molar-refractivity contribution in [1.82, 2.24) is 24.7 Å². The molecule has 2 aliphatic rings. The lowest BCUT2D eigenvalue weighted by molar-refractivity contribution is -0.0435. The number of rotatable bonds is 16. The first-order chi connectivity index (χ1) is 30.4. The average Bonchev–Trinajstić information content (AvgIpc) is 3.27. The van der Waals surface area contributed by atoms with Crippen molar-refractivity contribution in [2.45, 2.75) is 77.5 Å². The summed E-state index contributed by atoms with van der Waals surface area (Å²) in [5.41, 5.74) is -1.32. The normalized spacial score (nSPS) is 16.6. The Hall–Kier alpha value is -3.94. The monoisotopic (exact) mass is 975 g/mol. The molecule has 2 atom stereocenters. The summed E-state index contributed by atoms with van der Waals surface area (Å²) in [7, 11) is -6.97. The fraction of sp³-hybridized carbons (Fsp3) is 0.378. The highest BCUT2D eigenvalue weighted by molar-refractivity contribution is 7.99. The van der Waals surface area contributed by atoms with Gasteiger partial charge in [0.15, 0.2) is 0 Å². The van der Waals surface area contributed by atoms with Gasteiger partial charge in [-0.15, -0.1) is 11.8 Å². The van der Waals surface area contributed by atoms with Gasteiger partial charge >= 0.3 is 5.51 Å². The minimum Gasteiger partial charge on any atom is -0.380 e. The number of nitrogens with one attached hydrogen (secondary N) is 2. The van der Waals surface area contributed by atoms with Crippen molar-refractivity contribution in [1.29, 1.82) is 0 Å². The number of fused-ring (bicyclic) bond motifs is 1. The number of sulfonamides is 1. The van der Waals surface area contributed by atoms with Crippen LogP contribution in [0.25, 0.3) is 11.1 Å². The Balaban J connectivity index is 1.05. The summed E-state index contributed by atoms with van der Waals surface area (Å²) in [5, 5.41) is 4.17. The Labute approximate surface area is 387 Å². The van der Waals surface area contributed by atoms with Crippen molar-refractivity contribution < 1.29 is 30.0 Å². The molecule has 1 saturated heterocycles. The number of thioether (sulfide) groups is 1. The van der Waals surface area contributed by atoms with Gasteiger partial charge in [0, 0.05) is 65.5 Å². The molecule has 0 saturated carbocycles. The van der Waals surface area contributed by atoms with Crippen LogP contribution in [-0.2, 0) is 32.8 Å². The van der Waals surface area contributed by atoms with E-state index >= 15 is 0 Å². The van der Waals surface area contributed by atoms with E-state index in [1.807, 2.05) is 55.4 Å².